The molecule has 1 N–H and O–H groups in total. The van der Waals surface area contributed by atoms with Gasteiger partial charge in [-0.05, 0) is 13.3 Å². The Morgan fingerprint density at radius 1 is 1.60 bits per heavy atom. The third kappa shape index (κ3) is 4.99. The number of hydrogen-bond acceptors (Lipinski definition) is 5. The van der Waals surface area contributed by atoms with Crippen molar-refractivity contribution in [3.05, 3.63) is 0 Å². The molecule has 0 bridgehead atoms. The normalized spacial score (nSPS) is 14.1. The summed E-state index contributed by atoms with van der Waals surface area (Å²) in [7, 11) is 0. The zero-order valence-electron chi connectivity index (χ0n) is 8.57. The van der Waals surface area contributed by atoms with E-state index in [9.17, 15) is 9.59 Å². The SMILES string of the molecule is CC(CO)(COC=O)C(=O)OCCCCl. The van der Waals surface area contributed by atoms with Gasteiger partial charge in [0.25, 0.3) is 6.47 Å². The van der Waals surface area contributed by atoms with Crippen LogP contribution in [0.1, 0.15) is 13.3 Å². The highest BCUT2D eigenvalue weighted by Gasteiger charge is 2.35. The fraction of sp³-hybridized carbons (Fsp3) is 0.778. The number of halogens is 1. The fourth-order valence-electron chi connectivity index (χ4n) is 0.781. The molecule has 0 saturated carbocycles. The van der Waals surface area contributed by atoms with Gasteiger partial charge in [0.1, 0.15) is 12.0 Å². The van der Waals surface area contributed by atoms with Crippen molar-refractivity contribution in [1.82, 2.24) is 0 Å². The van der Waals surface area contributed by atoms with Crippen molar-refractivity contribution in [2.75, 3.05) is 25.7 Å². The van der Waals surface area contributed by atoms with Crippen LogP contribution >= 0.6 is 11.6 Å². The van der Waals surface area contributed by atoms with Gasteiger partial charge in [-0.1, -0.05) is 0 Å². The third-order valence-corrected chi connectivity index (χ3v) is 2.09. The number of carbonyl (C=O) groups is 2. The van der Waals surface area contributed by atoms with E-state index in [-0.39, 0.29) is 19.7 Å². The number of rotatable bonds is 8. The Balaban J connectivity index is 4.11. The fourth-order valence-corrected chi connectivity index (χ4v) is 0.890. The van der Waals surface area contributed by atoms with Crippen molar-refractivity contribution in [2.24, 2.45) is 5.41 Å². The maximum absolute atomic E-state index is 11.5. The van der Waals surface area contributed by atoms with E-state index in [2.05, 4.69) is 4.74 Å². The molecule has 0 aliphatic rings. The number of alkyl halides is 1. The smallest absolute Gasteiger partial charge is 0.317 e. The molecule has 0 aromatic heterocycles. The molecule has 0 rings (SSSR count). The number of esters is 1. The lowest BCUT2D eigenvalue weighted by atomic mass is 9.93. The Morgan fingerprint density at radius 3 is 2.73 bits per heavy atom. The number of aliphatic hydroxyl groups is 1. The summed E-state index contributed by atoms with van der Waals surface area (Å²) in [6, 6.07) is 0. The minimum atomic E-state index is -1.20. The summed E-state index contributed by atoms with van der Waals surface area (Å²) in [4.78, 5) is 21.4. The number of hydrogen-bond donors (Lipinski definition) is 1. The van der Waals surface area contributed by atoms with Crippen molar-refractivity contribution in [1.29, 1.82) is 0 Å². The van der Waals surface area contributed by atoms with E-state index in [4.69, 9.17) is 21.4 Å². The third-order valence-electron chi connectivity index (χ3n) is 1.82. The molecule has 0 aromatic carbocycles. The maximum atomic E-state index is 11.5. The van der Waals surface area contributed by atoms with Crippen molar-refractivity contribution >= 4 is 24.0 Å². The highest BCUT2D eigenvalue weighted by atomic mass is 35.5. The highest BCUT2D eigenvalue weighted by molar-refractivity contribution is 6.17. The molecule has 15 heavy (non-hydrogen) atoms. The van der Waals surface area contributed by atoms with Crippen LogP contribution in [0.5, 0.6) is 0 Å². The van der Waals surface area contributed by atoms with Crippen LogP contribution in [-0.4, -0.2) is 43.2 Å². The predicted molar refractivity (Wildman–Crippen MR) is 53.5 cm³/mol. The summed E-state index contributed by atoms with van der Waals surface area (Å²) in [6.45, 7) is 1.23. The zero-order valence-corrected chi connectivity index (χ0v) is 9.33. The molecule has 6 heteroatoms. The number of carbonyl (C=O) groups excluding carboxylic acids is 2. The van der Waals surface area contributed by atoms with E-state index in [1.165, 1.54) is 6.92 Å². The monoisotopic (exact) mass is 238 g/mol. The summed E-state index contributed by atoms with van der Waals surface area (Å²) in [6.07, 6.45) is 0.545. The Labute approximate surface area is 93.3 Å². The highest BCUT2D eigenvalue weighted by Crippen LogP contribution is 2.18. The van der Waals surface area contributed by atoms with Crippen LogP contribution in [0.25, 0.3) is 0 Å². The molecule has 0 heterocycles. The molecule has 0 amide bonds. The van der Waals surface area contributed by atoms with Crippen LogP contribution < -0.4 is 0 Å². The molecule has 0 fully saturated rings. The summed E-state index contributed by atoms with van der Waals surface area (Å²) >= 11 is 5.41. The minimum Gasteiger partial charge on any atom is -0.467 e. The van der Waals surface area contributed by atoms with Gasteiger partial charge in [-0.3, -0.25) is 9.59 Å². The molecule has 0 aliphatic heterocycles. The van der Waals surface area contributed by atoms with Crippen LogP contribution in [0.4, 0.5) is 0 Å². The number of aliphatic hydroxyl groups excluding tert-OH is 1. The van der Waals surface area contributed by atoms with E-state index in [0.29, 0.717) is 12.3 Å². The van der Waals surface area contributed by atoms with E-state index < -0.39 is 18.0 Å². The van der Waals surface area contributed by atoms with E-state index in [1.807, 2.05) is 0 Å². The van der Waals surface area contributed by atoms with Gasteiger partial charge in [0.15, 0.2) is 0 Å². The lowest BCUT2D eigenvalue weighted by Gasteiger charge is -2.23. The van der Waals surface area contributed by atoms with Crippen LogP contribution in [0.15, 0.2) is 0 Å². The minimum absolute atomic E-state index is 0.193. The van der Waals surface area contributed by atoms with Gasteiger partial charge >= 0.3 is 5.97 Å². The second kappa shape index (κ2) is 7.48. The van der Waals surface area contributed by atoms with Crippen LogP contribution in [0.3, 0.4) is 0 Å². The average Bonchev–Trinajstić information content (AvgIpc) is 2.26. The summed E-state index contributed by atoms with van der Waals surface area (Å²) in [5.41, 5.74) is -1.20. The van der Waals surface area contributed by atoms with E-state index in [1.54, 1.807) is 0 Å². The Morgan fingerprint density at radius 2 is 2.27 bits per heavy atom. The van der Waals surface area contributed by atoms with Gasteiger partial charge in [-0.15, -0.1) is 11.6 Å². The average molecular weight is 239 g/mol. The van der Waals surface area contributed by atoms with Crippen molar-refractivity contribution < 1.29 is 24.2 Å². The standard InChI is InChI=1S/C9H15ClO5/c1-9(5-11,6-14-7-12)8(13)15-4-2-3-10/h7,11H,2-6H2,1H3. The summed E-state index contributed by atoms with van der Waals surface area (Å²) in [5, 5.41) is 9.02. The van der Waals surface area contributed by atoms with Crippen molar-refractivity contribution in [3.8, 4) is 0 Å². The molecule has 1 unspecified atom stereocenters. The lowest BCUT2D eigenvalue weighted by Crippen LogP contribution is -2.38. The number of ether oxygens (including phenoxy) is 2. The van der Waals surface area contributed by atoms with E-state index >= 15 is 0 Å². The second-order valence-corrected chi connectivity index (χ2v) is 3.68. The molecule has 1 atom stereocenters. The first-order valence-electron chi connectivity index (χ1n) is 4.50. The van der Waals surface area contributed by atoms with Gasteiger partial charge in [0, 0.05) is 5.88 Å². The second-order valence-electron chi connectivity index (χ2n) is 3.30. The lowest BCUT2D eigenvalue weighted by molar-refractivity contribution is -0.162. The molecule has 0 saturated heterocycles. The van der Waals surface area contributed by atoms with Crippen LogP contribution in [-0.2, 0) is 19.1 Å². The van der Waals surface area contributed by atoms with E-state index in [0.717, 1.165) is 0 Å². The Kier molecular flexibility index (Phi) is 7.07. The van der Waals surface area contributed by atoms with Crippen LogP contribution in [0, 0.1) is 5.41 Å². The molecular weight excluding hydrogens is 224 g/mol. The molecular formula is C9H15ClO5. The van der Waals surface area contributed by atoms with Gasteiger partial charge in [0.05, 0.1) is 13.2 Å². The molecule has 0 radical (unpaired) electrons. The largest absolute Gasteiger partial charge is 0.467 e. The quantitative estimate of drug-likeness (QED) is 0.286. The van der Waals surface area contributed by atoms with Crippen molar-refractivity contribution in [3.63, 3.8) is 0 Å². The molecule has 0 aromatic rings. The first-order chi connectivity index (χ1) is 7.10. The topological polar surface area (TPSA) is 72.8 Å². The summed E-state index contributed by atoms with van der Waals surface area (Å²) in [5.74, 6) is -0.203. The zero-order chi connectivity index (χ0) is 11.7. The van der Waals surface area contributed by atoms with Gasteiger partial charge in [-0.25, -0.2) is 0 Å². The Hall–Kier alpha value is -0.810. The predicted octanol–water partition coefficient (Wildman–Crippen LogP) is 0.330. The molecule has 0 spiro atoms. The first kappa shape index (κ1) is 14.2. The maximum Gasteiger partial charge on any atom is 0.317 e. The molecule has 5 nitrogen and oxygen atoms in total. The Bertz CT molecular complexity index is 209. The first-order valence-corrected chi connectivity index (χ1v) is 5.03. The molecule has 88 valence electrons. The van der Waals surface area contributed by atoms with Crippen molar-refractivity contribution in [2.45, 2.75) is 13.3 Å². The van der Waals surface area contributed by atoms with Gasteiger partial charge in [0.2, 0.25) is 0 Å². The summed E-state index contributed by atoms with van der Waals surface area (Å²) < 4.78 is 9.31. The molecule has 0 aliphatic carbocycles. The van der Waals surface area contributed by atoms with Gasteiger partial charge < -0.3 is 14.6 Å². The van der Waals surface area contributed by atoms with Gasteiger partial charge in [-0.2, -0.15) is 0 Å². The van der Waals surface area contributed by atoms with Crippen LogP contribution in [0.2, 0.25) is 0 Å².